The zero-order valence-electron chi connectivity index (χ0n) is 20.4. The summed E-state index contributed by atoms with van der Waals surface area (Å²) < 4.78 is 28.6. The van der Waals surface area contributed by atoms with Crippen molar-refractivity contribution in [2.45, 2.75) is 57.9 Å². The van der Waals surface area contributed by atoms with Crippen LogP contribution in [0.1, 0.15) is 66.3 Å². The summed E-state index contributed by atoms with van der Waals surface area (Å²) in [5.74, 6) is -0.383. The number of hydrogen-bond acceptors (Lipinski definition) is 3. The lowest BCUT2D eigenvalue weighted by Crippen LogP contribution is -2.27. The largest absolute Gasteiger partial charge is 0.346 e. The second-order valence-electron chi connectivity index (χ2n) is 9.62. The number of rotatable bonds is 6. The topological polar surface area (TPSA) is 75.3 Å². The molecule has 3 aromatic rings. The van der Waals surface area contributed by atoms with E-state index in [0.717, 1.165) is 16.7 Å². The van der Waals surface area contributed by atoms with Crippen molar-refractivity contribution in [1.29, 1.82) is 0 Å². The molecule has 0 fully saturated rings. The van der Waals surface area contributed by atoms with Gasteiger partial charge in [0.2, 0.25) is 0 Å². The van der Waals surface area contributed by atoms with Crippen LogP contribution < -0.4 is 10.0 Å². The van der Waals surface area contributed by atoms with E-state index in [2.05, 4.69) is 42.9 Å². The van der Waals surface area contributed by atoms with E-state index in [1.165, 1.54) is 23.8 Å². The number of carbonyl (C=O) groups excluding carboxylic acids is 1. The molecule has 2 N–H and O–H groups in total. The number of nitrogens with one attached hydrogen (secondary N) is 2. The number of hydrogen-bond donors (Lipinski definition) is 2. The van der Waals surface area contributed by atoms with E-state index in [9.17, 15) is 13.2 Å². The lowest BCUT2D eigenvalue weighted by molar-refractivity contribution is 0.0939. The molecule has 0 saturated carbocycles. The number of carbonyl (C=O) groups is 1. The summed E-state index contributed by atoms with van der Waals surface area (Å²) in [6.07, 6.45) is 0. The van der Waals surface area contributed by atoms with Crippen LogP contribution in [0.3, 0.4) is 0 Å². The third-order valence-corrected chi connectivity index (χ3v) is 7.73. The van der Waals surface area contributed by atoms with E-state index in [0.29, 0.717) is 5.69 Å². The summed E-state index contributed by atoms with van der Waals surface area (Å²) in [6, 6.07) is 17.4. The highest BCUT2D eigenvalue weighted by atomic mass is 35.5. The maximum atomic E-state index is 13.0. The molecule has 0 aliphatic rings. The Morgan fingerprint density at radius 2 is 1.56 bits per heavy atom. The van der Waals surface area contributed by atoms with Gasteiger partial charge in [-0.2, -0.15) is 0 Å². The number of sulfonamides is 1. The minimum Gasteiger partial charge on any atom is -0.346 e. The minimum absolute atomic E-state index is 0.0405. The fourth-order valence-corrected chi connectivity index (χ4v) is 5.08. The van der Waals surface area contributed by atoms with Gasteiger partial charge in [-0.1, -0.05) is 62.7 Å². The number of anilines is 1. The highest BCUT2D eigenvalue weighted by molar-refractivity contribution is 7.92. The first-order valence-electron chi connectivity index (χ1n) is 11.1. The van der Waals surface area contributed by atoms with E-state index in [-0.39, 0.29) is 32.8 Å². The van der Waals surface area contributed by atoms with Gasteiger partial charge in [0.1, 0.15) is 4.90 Å². The van der Waals surface area contributed by atoms with E-state index >= 15 is 0 Å². The summed E-state index contributed by atoms with van der Waals surface area (Å²) in [5.41, 5.74) is 4.87. The van der Waals surface area contributed by atoms with Crippen LogP contribution in [0.15, 0.2) is 65.6 Å². The first kappa shape index (κ1) is 25.8. The average molecular weight is 499 g/mol. The lowest BCUT2D eigenvalue weighted by atomic mass is 9.86. The molecule has 0 bridgehead atoms. The van der Waals surface area contributed by atoms with Gasteiger partial charge in [-0.25, -0.2) is 8.42 Å². The van der Waals surface area contributed by atoms with Gasteiger partial charge in [-0.05, 0) is 78.8 Å². The molecule has 1 amide bonds. The molecule has 0 aliphatic heterocycles. The molecule has 7 heteroatoms. The van der Waals surface area contributed by atoms with Crippen LogP contribution in [0.5, 0.6) is 0 Å². The van der Waals surface area contributed by atoms with Crippen LogP contribution in [0.2, 0.25) is 5.02 Å². The molecule has 0 heterocycles. The zero-order chi connectivity index (χ0) is 25.3. The predicted molar refractivity (Wildman–Crippen MR) is 139 cm³/mol. The zero-order valence-corrected chi connectivity index (χ0v) is 21.9. The van der Waals surface area contributed by atoms with Crippen molar-refractivity contribution in [2.24, 2.45) is 0 Å². The third-order valence-electron chi connectivity index (χ3n) is 5.87. The summed E-state index contributed by atoms with van der Waals surface area (Å²) >= 11 is 6.21. The Hall–Kier alpha value is -2.83. The Bertz CT molecular complexity index is 1310. The molecular weight excluding hydrogens is 468 g/mol. The Morgan fingerprint density at radius 3 is 2.15 bits per heavy atom. The second kappa shape index (κ2) is 9.80. The fourth-order valence-electron chi connectivity index (χ4n) is 3.50. The fraction of sp³-hybridized carbons (Fsp3) is 0.296. The van der Waals surface area contributed by atoms with Gasteiger partial charge in [0, 0.05) is 11.3 Å². The third kappa shape index (κ3) is 5.99. The van der Waals surface area contributed by atoms with Crippen LogP contribution in [0.4, 0.5) is 5.69 Å². The van der Waals surface area contributed by atoms with Gasteiger partial charge < -0.3 is 5.32 Å². The highest BCUT2D eigenvalue weighted by Gasteiger charge is 2.22. The second-order valence-corrected chi connectivity index (χ2v) is 11.7. The van der Waals surface area contributed by atoms with Crippen molar-refractivity contribution >= 4 is 33.2 Å². The van der Waals surface area contributed by atoms with Crippen molar-refractivity contribution in [3.8, 4) is 0 Å². The van der Waals surface area contributed by atoms with Crippen LogP contribution in [-0.2, 0) is 15.4 Å². The minimum atomic E-state index is -3.99. The number of aryl methyl sites for hydroxylation is 2. The maximum absolute atomic E-state index is 13.0. The molecule has 0 unspecified atom stereocenters. The van der Waals surface area contributed by atoms with Crippen molar-refractivity contribution in [3.05, 3.63) is 93.5 Å². The number of benzene rings is 3. The first-order chi connectivity index (χ1) is 15.8. The molecule has 3 aromatic carbocycles. The van der Waals surface area contributed by atoms with Gasteiger partial charge in [0.25, 0.3) is 15.9 Å². The van der Waals surface area contributed by atoms with Crippen LogP contribution in [-0.4, -0.2) is 14.3 Å². The van der Waals surface area contributed by atoms with Gasteiger partial charge in [0.05, 0.1) is 11.1 Å². The molecule has 34 heavy (non-hydrogen) atoms. The lowest BCUT2D eigenvalue weighted by Gasteiger charge is -2.21. The van der Waals surface area contributed by atoms with Crippen LogP contribution in [0, 0.1) is 13.8 Å². The molecular formula is C27H31ClN2O3S. The summed E-state index contributed by atoms with van der Waals surface area (Å²) in [5, 5.41) is 2.98. The standard InChI is InChI=1S/C27H31ClN2O3S/c1-17-7-13-23(15-18(17)2)30-34(32,33)25-16-21(10-14-24(25)28)26(31)29-19(3)20-8-11-22(12-9-20)27(4,5)6/h7-16,19,30H,1-6H3,(H,29,31)/t19-/m1/s1. The van der Waals surface area contributed by atoms with Crippen molar-refractivity contribution in [2.75, 3.05) is 4.72 Å². The SMILES string of the molecule is Cc1ccc(NS(=O)(=O)c2cc(C(=O)N[C@H](C)c3ccc(C(C)(C)C)cc3)ccc2Cl)cc1C. The normalized spacial score (nSPS) is 12.8. The number of halogens is 1. The Labute approximate surface area is 207 Å². The smallest absolute Gasteiger partial charge is 0.263 e. The monoisotopic (exact) mass is 498 g/mol. The summed E-state index contributed by atoms with van der Waals surface area (Å²) in [7, 11) is -3.99. The quantitative estimate of drug-likeness (QED) is 0.404. The summed E-state index contributed by atoms with van der Waals surface area (Å²) in [6.45, 7) is 12.2. The van der Waals surface area contributed by atoms with E-state index in [1.807, 2.05) is 39.0 Å². The van der Waals surface area contributed by atoms with E-state index < -0.39 is 10.0 Å². The van der Waals surface area contributed by atoms with Gasteiger partial charge in [-0.3, -0.25) is 9.52 Å². The number of amides is 1. The van der Waals surface area contributed by atoms with E-state index in [1.54, 1.807) is 12.1 Å². The Kier molecular flexibility index (Phi) is 7.44. The summed E-state index contributed by atoms with van der Waals surface area (Å²) in [4.78, 5) is 12.8. The molecule has 0 aliphatic carbocycles. The average Bonchev–Trinajstić information content (AvgIpc) is 2.75. The van der Waals surface area contributed by atoms with Gasteiger partial charge >= 0.3 is 0 Å². The maximum Gasteiger partial charge on any atom is 0.263 e. The predicted octanol–water partition coefficient (Wildman–Crippen LogP) is 6.55. The van der Waals surface area contributed by atoms with Crippen LogP contribution in [0.25, 0.3) is 0 Å². The molecule has 5 nitrogen and oxygen atoms in total. The van der Waals surface area contributed by atoms with Gasteiger partial charge in [-0.15, -0.1) is 0 Å². The molecule has 0 aromatic heterocycles. The molecule has 1 atom stereocenters. The van der Waals surface area contributed by atoms with Crippen molar-refractivity contribution in [1.82, 2.24) is 5.32 Å². The van der Waals surface area contributed by atoms with Crippen molar-refractivity contribution in [3.63, 3.8) is 0 Å². The molecule has 0 spiro atoms. The van der Waals surface area contributed by atoms with Crippen LogP contribution >= 0.6 is 11.6 Å². The molecule has 0 saturated heterocycles. The Morgan fingerprint density at radius 1 is 0.912 bits per heavy atom. The van der Waals surface area contributed by atoms with Crippen molar-refractivity contribution < 1.29 is 13.2 Å². The Balaban J connectivity index is 1.80. The molecule has 3 rings (SSSR count). The molecule has 180 valence electrons. The highest BCUT2D eigenvalue weighted by Crippen LogP contribution is 2.27. The van der Waals surface area contributed by atoms with E-state index in [4.69, 9.17) is 11.6 Å². The first-order valence-corrected chi connectivity index (χ1v) is 12.9. The molecule has 0 radical (unpaired) electrons. The van der Waals surface area contributed by atoms with Gasteiger partial charge in [0.15, 0.2) is 0 Å².